The molecule has 0 aliphatic heterocycles. The Morgan fingerprint density at radius 3 is 2.48 bits per heavy atom. The van der Waals surface area contributed by atoms with E-state index in [1.807, 2.05) is 6.07 Å². The van der Waals surface area contributed by atoms with Crippen molar-refractivity contribution in [1.82, 2.24) is 0 Å². The van der Waals surface area contributed by atoms with E-state index in [2.05, 4.69) is 6.58 Å². The Kier molecular flexibility index (Phi) is 5.52. The smallest absolute Gasteiger partial charge is 0.330 e. The first-order chi connectivity index (χ1) is 11.1. The van der Waals surface area contributed by atoms with Crippen LogP contribution in [-0.4, -0.2) is 30.1 Å². The number of benzene rings is 2. The van der Waals surface area contributed by atoms with Crippen LogP contribution >= 0.6 is 0 Å². The van der Waals surface area contributed by atoms with Crippen LogP contribution < -0.4 is 4.74 Å². The summed E-state index contributed by atoms with van der Waals surface area (Å²) in [5.41, 5.74) is 0.729. The normalized spacial score (nSPS) is 9.91. The third-order valence-electron chi connectivity index (χ3n) is 3.02. The minimum absolute atomic E-state index is 0.00617. The molecule has 0 aliphatic carbocycles. The number of para-hydroxylation sites is 1. The highest BCUT2D eigenvalue weighted by Gasteiger charge is 2.17. The second-order valence-corrected chi connectivity index (χ2v) is 4.57. The second kappa shape index (κ2) is 7.79. The van der Waals surface area contributed by atoms with Crippen LogP contribution in [0, 0.1) is 0 Å². The number of aromatic hydroxyl groups is 1. The number of carbonyl (C=O) groups excluding carboxylic acids is 2. The van der Waals surface area contributed by atoms with E-state index in [0.717, 1.165) is 6.08 Å². The number of carbonyl (C=O) groups is 2. The Labute approximate surface area is 133 Å². The van der Waals surface area contributed by atoms with Crippen molar-refractivity contribution >= 4 is 11.8 Å². The maximum Gasteiger partial charge on any atom is 0.330 e. The quantitative estimate of drug-likeness (QED) is 0.368. The summed E-state index contributed by atoms with van der Waals surface area (Å²) in [6.45, 7) is 3.27. The molecule has 0 spiro atoms. The molecule has 0 radical (unpaired) electrons. The van der Waals surface area contributed by atoms with Crippen LogP contribution in [0.4, 0.5) is 0 Å². The predicted molar refractivity (Wildman–Crippen MR) is 84.6 cm³/mol. The Balaban J connectivity index is 2.15. The highest BCUT2D eigenvalue weighted by molar-refractivity contribution is 6.11. The number of esters is 1. The van der Waals surface area contributed by atoms with Crippen LogP contribution in [0.1, 0.15) is 15.9 Å². The lowest BCUT2D eigenvalue weighted by atomic mass is 10.0. The van der Waals surface area contributed by atoms with Gasteiger partial charge in [0, 0.05) is 11.6 Å². The van der Waals surface area contributed by atoms with Gasteiger partial charge in [-0.15, -0.1) is 0 Å². The molecule has 1 N–H and O–H groups in total. The molecule has 2 rings (SSSR count). The van der Waals surface area contributed by atoms with Crippen molar-refractivity contribution < 1.29 is 24.2 Å². The summed E-state index contributed by atoms with van der Waals surface area (Å²) in [6, 6.07) is 13.2. The van der Waals surface area contributed by atoms with Gasteiger partial charge in [0.05, 0.1) is 5.56 Å². The average molecular weight is 312 g/mol. The Morgan fingerprint density at radius 1 is 1.04 bits per heavy atom. The lowest BCUT2D eigenvalue weighted by Crippen LogP contribution is -2.12. The van der Waals surface area contributed by atoms with Gasteiger partial charge >= 0.3 is 5.97 Å². The van der Waals surface area contributed by atoms with E-state index in [1.54, 1.807) is 36.4 Å². The van der Waals surface area contributed by atoms with Gasteiger partial charge in [0.1, 0.15) is 13.2 Å². The molecular formula is C18H16O5. The SMILES string of the molecule is C=CC(=O)OCCOc1c(O)cccc1C(=O)c1ccccc1. The molecule has 0 atom stereocenters. The van der Waals surface area contributed by atoms with Gasteiger partial charge in [-0.3, -0.25) is 4.79 Å². The Hall–Kier alpha value is -3.08. The van der Waals surface area contributed by atoms with Crippen molar-refractivity contribution in [3.63, 3.8) is 0 Å². The minimum atomic E-state index is -0.563. The molecule has 0 heterocycles. The summed E-state index contributed by atoms with van der Waals surface area (Å²) in [5.74, 6) is -0.913. The maximum atomic E-state index is 12.5. The van der Waals surface area contributed by atoms with Crippen LogP contribution in [-0.2, 0) is 9.53 Å². The van der Waals surface area contributed by atoms with Gasteiger partial charge in [-0.25, -0.2) is 4.79 Å². The molecule has 5 heteroatoms. The first kappa shape index (κ1) is 16.3. The number of hydrogen-bond acceptors (Lipinski definition) is 5. The van der Waals surface area contributed by atoms with E-state index < -0.39 is 5.97 Å². The molecule has 0 saturated carbocycles. The van der Waals surface area contributed by atoms with Crippen LogP contribution in [0.25, 0.3) is 0 Å². The maximum absolute atomic E-state index is 12.5. The van der Waals surface area contributed by atoms with Crippen LogP contribution in [0.3, 0.4) is 0 Å². The molecule has 0 unspecified atom stereocenters. The van der Waals surface area contributed by atoms with Gasteiger partial charge in [0.2, 0.25) is 0 Å². The molecule has 0 bridgehead atoms. The summed E-state index contributed by atoms with van der Waals surface area (Å²) in [6.07, 6.45) is 1.05. The third-order valence-corrected chi connectivity index (χ3v) is 3.02. The van der Waals surface area contributed by atoms with Crippen LogP contribution in [0.5, 0.6) is 11.5 Å². The topological polar surface area (TPSA) is 72.8 Å². The first-order valence-electron chi connectivity index (χ1n) is 6.97. The van der Waals surface area contributed by atoms with Gasteiger partial charge < -0.3 is 14.6 Å². The average Bonchev–Trinajstić information content (AvgIpc) is 2.59. The van der Waals surface area contributed by atoms with Crippen LogP contribution in [0.2, 0.25) is 0 Å². The van der Waals surface area contributed by atoms with E-state index >= 15 is 0 Å². The molecule has 2 aromatic rings. The Morgan fingerprint density at radius 2 is 1.78 bits per heavy atom. The molecule has 0 aliphatic rings. The summed E-state index contributed by atoms with van der Waals surface area (Å²) >= 11 is 0. The van der Waals surface area contributed by atoms with E-state index in [-0.39, 0.29) is 36.1 Å². The van der Waals surface area contributed by atoms with Gasteiger partial charge in [-0.1, -0.05) is 43.0 Å². The lowest BCUT2D eigenvalue weighted by molar-refractivity contribution is -0.138. The number of ether oxygens (including phenoxy) is 2. The molecule has 118 valence electrons. The van der Waals surface area contributed by atoms with Crippen molar-refractivity contribution in [3.05, 3.63) is 72.3 Å². The zero-order chi connectivity index (χ0) is 16.7. The molecule has 0 saturated heterocycles. The van der Waals surface area contributed by atoms with Crippen molar-refractivity contribution in [2.24, 2.45) is 0 Å². The number of hydrogen-bond donors (Lipinski definition) is 1. The van der Waals surface area contributed by atoms with Crippen LogP contribution in [0.15, 0.2) is 61.2 Å². The van der Waals surface area contributed by atoms with E-state index in [4.69, 9.17) is 9.47 Å². The van der Waals surface area contributed by atoms with Gasteiger partial charge in [0.15, 0.2) is 17.3 Å². The van der Waals surface area contributed by atoms with E-state index in [9.17, 15) is 14.7 Å². The molecular weight excluding hydrogens is 296 g/mol. The van der Waals surface area contributed by atoms with Gasteiger partial charge in [-0.05, 0) is 12.1 Å². The predicted octanol–water partition coefficient (Wildman–Crippen LogP) is 2.73. The summed E-state index contributed by atoms with van der Waals surface area (Å²) < 4.78 is 10.2. The molecule has 0 amide bonds. The fourth-order valence-electron chi connectivity index (χ4n) is 1.95. The highest BCUT2D eigenvalue weighted by Crippen LogP contribution is 2.31. The fourth-order valence-corrected chi connectivity index (χ4v) is 1.95. The fraction of sp³-hybridized carbons (Fsp3) is 0.111. The number of phenols is 1. The molecule has 23 heavy (non-hydrogen) atoms. The Bertz CT molecular complexity index is 707. The third kappa shape index (κ3) is 4.20. The highest BCUT2D eigenvalue weighted by atomic mass is 16.6. The van der Waals surface area contributed by atoms with Gasteiger partial charge in [0.25, 0.3) is 0 Å². The summed E-state index contributed by atoms with van der Waals surface area (Å²) in [4.78, 5) is 23.5. The standard InChI is InChI=1S/C18H16O5/c1-2-16(20)22-11-12-23-18-14(9-6-10-15(18)19)17(21)13-7-4-3-5-8-13/h2-10,19H,1,11-12H2. The van der Waals surface area contributed by atoms with Crippen molar-refractivity contribution in [2.45, 2.75) is 0 Å². The molecule has 0 aromatic heterocycles. The van der Waals surface area contributed by atoms with Crippen molar-refractivity contribution in [2.75, 3.05) is 13.2 Å². The van der Waals surface area contributed by atoms with Crippen molar-refractivity contribution in [1.29, 1.82) is 0 Å². The number of rotatable bonds is 7. The molecule has 0 fully saturated rings. The minimum Gasteiger partial charge on any atom is -0.504 e. The second-order valence-electron chi connectivity index (χ2n) is 4.57. The number of ketones is 1. The lowest BCUT2D eigenvalue weighted by Gasteiger charge is -2.12. The summed E-state index contributed by atoms with van der Waals surface area (Å²) in [5, 5.41) is 9.94. The van der Waals surface area contributed by atoms with Crippen molar-refractivity contribution in [3.8, 4) is 11.5 Å². The summed E-state index contributed by atoms with van der Waals surface area (Å²) in [7, 11) is 0. The van der Waals surface area contributed by atoms with E-state index in [1.165, 1.54) is 6.07 Å². The largest absolute Gasteiger partial charge is 0.504 e. The monoisotopic (exact) mass is 312 g/mol. The zero-order valence-electron chi connectivity index (χ0n) is 12.4. The van der Waals surface area contributed by atoms with Gasteiger partial charge in [-0.2, -0.15) is 0 Å². The zero-order valence-corrected chi connectivity index (χ0v) is 12.4. The number of phenolic OH excluding ortho intramolecular Hbond substituents is 1. The molecule has 2 aromatic carbocycles. The van der Waals surface area contributed by atoms with E-state index in [0.29, 0.717) is 5.56 Å². The first-order valence-corrected chi connectivity index (χ1v) is 6.97. The molecule has 5 nitrogen and oxygen atoms in total.